The second-order valence-electron chi connectivity index (χ2n) is 4.14. The second-order valence-corrected chi connectivity index (χ2v) is 6.71. The third-order valence-corrected chi connectivity index (χ3v) is 4.37. The van der Waals surface area contributed by atoms with Crippen molar-refractivity contribution in [2.24, 2.45) is 0 Å². The molecule has 0 spiro atoms. The Hall–Kier alpha value is 0.260. The minimum absolute atomic E-state index is 0.611. The van der Waals surface area contributed by atoms with E-state index in [1.165, 1.54) is 27.1 Å². The highest BCUT2D eigenvalue weighted by molar-refractivity contribution is 14.1. The predicted octanol–water partition coefficient (Wildman–Crippen LogP) is 3.96. The number of benzene rings is 1. The largest absolute Gasteiger partial charge is 0.313 e. The van der Waals surface area contributed by atoms with E-state index in [-0.39, 0.29) is 0 Å². The van der Waals surface area contributed by atoms with Crippen molar-refractivity contribution in [3.05, 3.63) is 33.4 Å². The third kappa shape index (κ3) is 6.67. The van der Waals surface area contributed by atoms with Gasteiger partial charge in [-0.3, -0.25) is 0 Å². The summed E-state index contributed by atoms with van der Waals surface area (Å²) in [5.41, 5.74) is 1.44. The van der Waals surface area contributed by atoms with E-state index in [9.17, 15) is 0 Å². The summed E-state index contributed by atoms with van der Waals surface area (Å²) in [5.74, 6) is 2.42. The van der Waals surface area contributed by atoms with Gasteiger partial charge < -0.3 is 5.32 Å². The van der Waals surface area contributed by atoms with Gasteiger partial charge in [0.2, 0.25) is 0 Å². The summed E-state index contributed by atoms with van der Waals surface area (Å²) in [6.07, 6.45) is 2.35. The topological polar surface area (TPSA) is 12.0 Å². The quantitative estimate of drug-likeness (QED) is 0.702. The van der Waals surface area contributed by atoms with Crippen molar-refractivity contribution < 1.29 is 0 Å². The van der Waals surface area contributed by atoms with E-state index in [1.54, 1.807) is 0 Å². The van der Waals surface area contributed by atoms with Gasteiger partial charge in [-0.1, -0.05) is 26.0 Å². The van der Waals surface area contributed by atoms with Crippen LogP contribution in [0.25, 0.3) is 0 Å². The predicted molar refractivity (Wildman–Crippen MR) is 87.9 cm³/mol. The van der Waals surface area contributed by atoms with E-state index in [2.05, 4.69) is 66.0 Å². The van der Waals surface area contributed by atoms with Crippen LogP contribution in [0.5, 0.6) is 0 Å². The smallest absolute Gasteiger partial charge is 0.0198 e. The Morgan fingerprint density at radius 3 is 2.53 bits per heavy atom. The first-order valence-corrected chi connectivity index (χ1v) is 8.55. The lowest BCUT2D eigenvalue weighted by molar-refractivity contribution is 0.550. The molecule has 0 aliphatic carbocycles. The van der Waals surface area contributed by atoms with Gasteiger partial charge in [0.05, 0.1) is 0 Å². The molecule has 1 aromatic rings. The summed E-state index contributed by atoms with van der Waals surface area (Å²) in [7, 11) is 0. The molecule has 1 N–H and O–H groups in total. The molecule has 0 aromatic heterocycles. The van der Waals surface area contributed by atoms with Crippen molar-refractivity contribution in [2.45, 2.75) is 32.7 Å². The van der Waals surface area contributed by atoms with Crippen LogP contribution >= 0.6 is 34.4 Å². The summed E-state index contributed by atoms with van der Waals surface area (Å²) >= 11 is 4.38. The molecule has 0 amide bonds. The van der Waals surface area contributed by atoms with Crippen LogP contribution in [0.15, 0.2) is 24.3 Å². The lowest BCUT2D eigenvalue weighted by atomic mass is 10.1. The molecule has 0 saturated carbocycles. The summed E-state index contributed by atoms with van der Waals surface area (Å²) in [6.45, 7) is 5.58. The molecule has 1 rings (SSSR count). The van der Waals surface area contributed by atoms with E-state index >= 15 is 0 Å². The Bertz CT molecular complexity index is 292. The second kappa shape index (κ2) is 9.22. The van der Waals surface area contributed by atoms with Crippen LogP contribution in [-0.2, 0) is 6.42 Å². The molecule has 0 fully saturated rings. The van der Waals surface area contributed by atoms with Crippen molar-refractivity contribution in [3.8, 4) is 0 Å². The average molecular weight is 363 g/mol. The van der Waals surface area contributed by atoms with E-state index in [0.29, 0.717) is 6.04 Å². The minimum Gasteiger partial charge on any atom is -0.313 e. The first-order chi connectivity index (χ1) is 8.26. The highest BCUT2D eigenvalue weighted by atomic mass is 127. The van der Waals surface area contributed by atoms with Gasteiger partial charge in [0.25, 0.3) is 0 Å². The molecule has 1 nitrogen and oxygen atoms in total. The number of hydrogen-bond donors (Lipinski definition) is 1. The van der Waals surface area contributed by atoms with E-state index in [0.717, 1.165) is 13.0 Å². The van der Waals surface area contributed by atoms with Crippen LogP contribution < -0.4 is 5.32 Å². The van der Waals surface area contributed by atoms with Crippen molar-refractivity contribution in [2.75, 3.05) is 18.1 Å². The molecule has 0 saturated heterocycles. The zero-order chi connectivity index (χ0) is 12.5. The molecular formula is C14H22INS. The lowest BCUT2D eigenvalue weighted by Crippen LogP contribution is -2.34. The van der Waals surface area contributed by atoms with Crippen LogP contribution in [0.4, 0.5) is 0 Å². The van der Waals surface area contributed by atoms with E-state index in [1.807, 2.05) is 11.8 Å². The van der Waals surface area contributed by atoms with Crippen molar-refractivity contribution in [1.29, 1.82) is 0 Å². The standard InChI is InChI=1S/C14H22INS/c1-3-9-16-14(11-17-4-2)10-12-5-7-13(15)8-6-12/h5-8,14,16H,3-4,9-11H2,1-2H3. The van der Waals surface area contributed by atoms with Gasteiger partial charge in [-0.15, -0.1) is 0 Å². The molecule has 1 aromatic carbocycles. The van der Waals surface area contributed by atoms with Gasteiger partial charge >= 0.3 is 0 Å². The lowest BCUT2D eigenvalue weighted by Gasteiger charge is -2.18. The van der Waals surface area contributed by atoms with Gasteiger partial charge in [-0.2, -0.15) is 11.8 Å². The minimum atomic E-state index is 0.611. The molecule has 1 unspecified atom stereocenters. The van der Waals surface area contributed by atoms with Crippen LogP contribution in [-0.4, -0.2) is 24.1 Å². The molecule has 0 bridgehead atoms. The van der Waals surface area contributed by atoms with E-state index < -0.39 is 0 Å². The fourth-order valence-electron chi connectivity index (χ4n) is 1.70. The number of halogens is 1. The molecule has 96 valence electrons. The van der Waals surface area contributed by atoms with Gasteiger partial charge in [0.1, 0.15) is 0 Å². The van der Waals surface area contributed by atoms with Gasteiger partial charge in [-0.05, 0) is 65.4 Å². The Labute approximate surface area is 123 Å². The molecule has 0 aliphatic heterocycles. The number of hydrogen-bond acceptors (Lipinski definition) is 2. The molecule has 1 atom stereocenters. The molecule has 0 aliphatic rings. The molecule has 0 heterocycles. The van der Waals surface area contributed by atoms with Gasteiger partial charge in [0.15, 0.2) is 0 Å². The molecule has 0 radical (unpaired) electrons. The Balaban J connectivity index is 2.48. The maximum absolute atomic E-state index is 3.64. The SMILES string of the molecule is CCCNC(CSCC)Cc1ccc(I)cc1. The molecule has 3 heteroatoms. The van der Waals surface area contributed by atoms with Crippen LogP contribution in [0.3, 0.4) is 0 Å². The van der Waals surface area contributed by atoms with E-state index in [4.69, 9.17) is 0 Å². The monoisotopic (exact) mass is 363 g/mol. The van der Waals surface area contributed by atoms with Crippen LogP contribution in [0, 0.1) is 3.57 Å². The fourth-order valence-corrected chi connectivity index (χ4v) is 2.82. The summed E-state index contributed by atoms with van der Waals surface area (Å²) in [5, 5.41) is 3.64. The highest BCUT2D eigenvalue weighted by Gasteiger charge is 2.08. The normalized spacial score (nSPS) is 12.6. The van der Waals surface area contributed by atoms with Gasteiger partial charge in [0, 0.05) is 15.4 Å². The highest BCUT2D eigenvalue weighted by Crippen LogP contribution is 2.11. The first-order valence-electron chi connectivity index (χ1n) is 6.31. The molecular weight excluding hydrogens is 341 g/mol. The number of nitrogens with one attached hydrogen (secondary N) is 1. The van der Waals surface area contributed by atoms with Crippen LogP contribution in [0.1, 0.15) is 25.8 Å². The Kier molecular flexibility index (Phi) is 8.31. The maximum Gasteiger partial charge on any atom is 0.0198 e. The van der Waals surface area contributed by atoms with Crippen molar-refractivity contribution in [1.82, 2.24) is 5.32 Å². The first kappa shape index (κ1) is 15.3. The fraction of sp³-hybridized carbons (Fsp3) is 0.571. The van der Waals surface area contributed by atoms with Gasteiger partial charge in [-0.25, -0.2) is 0 Å². The Morgan fingerprint density at radius 1 is 1.24 bits per heavy atom. The summed E-state index contributed by atoms with van der Waals surface area (Å²) in [6, 6.07) is 9.50. The average Bonchev–Trinajstić information content (AvgIpc) is 2.35. The third-order valence-electron chi connectivity index (χ3n) is 2.60. The summed E-state index contributed by atoms with van der Waals surface area (Å²) < 4.78 is 1.31. The summed E-state index contributed by atoms with van der Waals surface area (Å²) in [4.78, 5) is 0. The van der Waals surface area contributed by atoms with Crippen molar-refractivity contribution >= 4 is 34.4 Å². The Morgan fingerprint density at radius 2 is 1.94 bits per heavy atom. The number of rotatable bonds is 8. The number of thioether (sulfide) groups is 1. The zero-order valence-electron chi connectivity index (χ0n) is 10.7. The zero-order valence-corrected chi connectivity index (χ0v) is 13.7. The maximum atomic E-state index is 3.64. The molecule has 17 heavy (non-hydrogen) atoms. The van der Waals surface area contributed by atoms with Crippen molar-refractivity contribution in [3.63, 3.8) is 0 Å². The van der Waals surface area contributed by atoms with Crippen LogP contribution in [0.2, 0.25) is 0 Å².